The van der Waals surface area contributed by atoms with Gasteiger partial charge in [-0.2, -0.15) is 0 Å². The van der Waals surface area contributed by atoms with Crippen LogP contribution in [0.15, 0.2) is 36.7 Å². The minimum absolute atomic E-state index is 0.372. The van der Waals surface area contributed by atoms with Crippen molar-refractivity contribution < 1.29 is 4.79 Å². The van der Waals surface area contributed by atoms with Crippen molar-refractivity contribution in [2.45, 2.75) is 18.8 Å². The van der Waals surface area contributed by atoms with E-state index < -0.39 is 6.03 Å². The van der Waals surface area contributed by atoms with Gasteiger partial charge >= 0.3 is 6.03 Å². The number of amides is 2. The van der Waals surface area contributed by atoms with Gasteiger partial charge in [-0.15, -0.1) is 0 Å². The van der Waals surface area contributed by atoms with Crippen molar-refractivity contribution in [2.75, 3.05) is 29.8 Å². The molecule has 10 heteroatoms. The van der Waals surface area contributed by atoms with Gasteiger partial charge in [-0.25, -0.2) is 25.7 Å². The van der Waals surface area contributed by atoms with Crippen molar-refractivity contribution in [1.82, 2.24) is 20.8 Å². The fourth-order valence-electron chi connectivity index (χ4n) is 3.37. The number of fused-ring (bicyclic) bond motifs is 1. The SMILES string of the molecule is CNN(NC)c1ncc(NC(=O)Nc2cnc3ccc(Cl)cc3c2C2CC2)cc1Cl. The first kappa shape index (κ1) is 20.6. The van der Waals surface area contributed by atoms with Gasteiger partial charge in [0.15, 0.2) is 5.82 Å². The molecule has 1 aromatic carbocycles. The van der Waals surface area contributed by atoms with Crippen molar-refractivity contribution in [3.8, 4) is 0 Å². The number of carbonyl (C=O) groups is 1. The van der Waals surface area contributed by atoms with Crippen LogP contribution >= 0.6 is 23.2 Å². The lowest BCUT2D eigenvalue weighted by atomic mass is 10.0. The third-order valence-electron chi connectivity index (χ3n) is 4.84. The first-order valence-electron chi connectivity index (χ1n) is 9.46. The van der Waals surface area contributed by atoms with Gasteiger partial charge in [0.25, 0.3) is 0 Å². The number of pyridine rings is 2. The first-order chi connectivity index (χ1) is 14.5. The zero-order chi connectivity index (χ0) is 21.3. The Morgan fingerprint density at radius 2 is 1.83 bits per heavy atom. The van der Waals surface area contributed by atoms with Crippen molar-refractivity contribution in [1.29, 1.82) is 0 Å². The highest BCUT2D eigenvalue weighted by Gasteiger charge is 2.29. The second kappa shape index (κ2) is 8.61. The molecule has 1 aliphatic carbocycles. The average Bonchev–Trinajstić information content (AvgIpc) is 3.55. The lowest BCUT2D eigenvalue weighted by molar-refractivity contribution is 0.262. The number of nitrogens with one attached hydrogen (secondary N) is 4. The van der Waals surface area contributed by atoms with Crippen molar-refractivity contribution in [2.24, 2.45) is 0 Å². The zero-order valence-electron chi connectivity index (χ0n) is 16.5. The molecule has 4 rings (SSSR count). The molecule has 0 aliphatic heterocycles. The van der Waals surface area contributed by atoms with Gasteiger partial charge in [-0.05, 0) is 48.6 Å². The van der Waals surface area contributed by atoms with Crippen molar-refractivity contribution in [3.05, 3.63) is 52.3 Å². The molecule has 1 saturated carbocycles. The average molecular weight is 446 g/mol. The molecule has 2 heterocycles. The van der Waals surface area contributed by atoms with Crippen LogP contribution in [-0.2, 0) is 0 Å². The van der Waals surface area contributed by atoms with Gasteiger partial charge in [-0.1, -0.05) is 23.2 Å². The van der Waals surface area contributed by atoms with Crippen LogP contribution < -0.4 is 26.6 Å². The predicted octanol–water partition coefficient (Wildman–Crippen LogP) is 4.53. The molecule has 3 aromatic rings. The van der Waals surface area contributed by atoms with E-state index in [4.69, 9.17) is 23.2 Å². The Hall–Kier alpha value is -2.65. The summed E-state index contributed by atoms with van der Waals surface area (Å²) in [4.78, 5) is 21.4. The molecule has 0 atom stereocenters. The van der Waals surface area contributed by atoms with E-state index in [1.807, 2.05) is 18.2 Å². The van der Waals surface area contributed by atoms with Crippen LogP contribution in [0.4, 0.5) is 22.0 Å². The molecule has 1 fully saturated rings. The number of anilines is 3. The minimum Gasteiger partial charge on any atom is -0.306 e. The molecule has 1 aliphatic rings. The quantitative estimate of drug-likeness (QED) is 0.416. The number of nitrogens with zero attached hydrogens (tertiary/aromatic N) is 3. The molecule has 0 saturated heterocycles. The number of aromatic nitrogens is 2. The Kier molecular flexibility index (Phi) is 5.92. The summed E-state index contributed by atoms with van der Waals surface area (Å²) < 4.78 is 0. The summed E-state index contributed by atoms with van der Waals surface area (Å²) in [6.45, 7) is 0. The van der Waals surface area contributed by atoms with E-state index in [1.165, 1.54) is 6.20 Å². The summed E-state index contributed by atoms with van der Waals surface area (Å²) in [6.07, 6.45) is 5.38. The monoisotopic (exact) mass is 445 g/mol. The smallest absolute Gasteiger partial charge is 0.306 e. The molecule has 4 N–H and O–H groups in total. The van der Waals surface area contributed by atoms with E-state index >= 15 is 0 Å². The molecule has 30 heavy (non-hydrogen) atoms. The number of rotatable bonds is 6. The second-order valence-electron chi connectivity index (χ2n) is 6.91. The van der Waals surface area contributed by atoms with E-state index in [1.54, 1.807) is 31.5 Å². The highest BCUT2D eigenvalue weighted by Crippen LogP contribution is 2.46. The van der Waals surface area contributed by atoms with Crippen LogP contribution in [0.1, 0.15) is 24.3 Å². The van der Waals surface area contributed by atoms with Gasteiger partial charge in [0.1, 0.15) is 0 Å². The Bertz CT molecular complexity index is 1100. The standard InChI is InChI=1S/C20H21Cl2N7O/c1-23-29(24-2)19-15(22)8-13(9-26-19)27-20(30)28-17-10-25-16-6-5-12(21)7-14(16)18(17)11-3-4-11/h5-11,23-24H,3-4H2,1-2H3,(H2,27,28,30). The number of carbonyl (C=O) groups excluding carboxylic acids is 1. The number of hydrazine groups is 2. The van der Waals surface area contributed by atoms with Gasteiger partial charge < -0.3 is 10.6 Å². The third kappa shape index (κ3) is 4.27. The molecule has 2 amide bonds. The maximum atomic E-state index is 12.6. The van der Waals surface area contributed by atoms with Gasteiger partial charge in [-0.3, -0.25) is 4.98 Å². The first-order valence-corrected chi connectivity index (χ1v) is 10.2. The summed E-state index contributed by atoms with van der Waals surface area (Å²) in [5.74, 6) is 0.882. The van der Waals surface area contributed by atoms with E-state index in [-0.39, 0.29) is 0 Å². The number of urea groups is 1. The van der Waals surface area contributed by atoms with Crippen LogP contribution in [0.5, 0.6) is 0 Å². The normalized spacial score (nSPS) is 13.3. The molecule has 2 aromatic heterocycles. The number of benzene rings is 1. The topological polar surface area (TPSA) is 94.2 Å². The number of hydrogen-bond donors (Lipinski definition) is 4. The largest absolute Gasteiger partial charge is 0.323 e. The minimum atomic E-state index is -0.398. The van der Waals surface area contributed by atoms with Crippen LogP contribution in [0.3, 0.4) is 0 Å². The molecular weight excluding hydrogens is 425 g/mol. The van der Waals surface area contributed by atoms with E-state index in [0.29, 0.717) is 33.2 Å². The summed E-state index contributed by atoms with van der Waals surface area (Å²) in [5.41, 5.74) is 8.88. The summed E-state index contributed by atoms with van der Waals surface area (Å²) in [6, 6.07) is 6.84. The molecule has 0 radical (unpaired) electrons. The Labute approximate surface area is 183 Å². The van der Waals surface area contributed by atoms with Gasteiger partial charge in [0.2, 0.25) is 0 Å². The van der Waals surface area contributed by atoms with Crippen LogP contribution in [-0.4, -0.2) is 30.1 Å². The highest BCUT2D eigenvalue weighted by molar-refractivity contribution is 6.33. The van der Waals surface area contributed by atoms with Crippen molar-refractivity contribution in [3.63, 3.8) is 0 Å². The Morgan fingerprint density at radius 3 is 2.50 bits per heavy atom. The third-order valence-corrected chi connectivity index (χ3v) is 5.36. The molecule has 0 bridgehead atoms. The van der Waals surface area contributed by atoms with Gasteiger partial charge in [0.05, 0.1) is 34.3 Å². The van der Waals surface area contributed by atoms with E-state index in [9.17, 15) is 4.79 Å². The summed E-state index contributed by atoms with van der Waals surface area (Å²) >= 11 is 12.5. The Morgan fingerprint density at radius 1 is 1.07 bits per heavy atom. The van der Waals surface area contributed by atoms with Crippen molar-refractivity contribution >= 4 is 57.3 Å². The molecule has 0 spiro atoms. The van der Waals surface area contributed by atoms with Gasteiger partial charge in [0, 0.05) is 24.5 Å². The van der Waals surface area contributed by atoms with E-state index in [0.717, 1.165) is 29.3 Å². The summed E-state index contributed by atoms with van der Waals surface area (Å²) in [5, 5.41) is 9.22. The Balaban J connectivity index is 1.55. The lowest BCUT2D eigenvalue weighted by Crippen LogP contribution is -2.45. The zero-order valence-corrected chi connectivity index (χ0v) is 18.0. The molecular formula is C20H21Cl2N7O. The number of halogens is 2. The highest BCUT2D eigenvalue weighted by atomic mass is 35.5. The van der Waals surface area contributed by atoms with E-state index in [2.05, 4.69) is 31.5 Å². The summed E-state index contributed by atoms with van der Waals surface area (Å²) in [7, 11) is 3.46. The fourth-order valence-corrected chi connectivity index (χ4v) is 3.79. The maximum absolute atomic E-state index is 12.6. The molecule has 8 nitrogen and oxygen atoms in total. The van der Waals surface area contributed by atoms with Crippen LogP contribution in [0.25, 0.3) is 10.9 Å². The second-order valence-corrected chi connectivity index (χ2v) is 7.76. The molecule has 0 unspecified atom stereocenters. The van der Waals surface area contributed by atoms with Crippen LogP contribution in [0.2, 0.25) is 10.0 Å². The maximum Gasteiger partial charge on any atom is 0.323 e. The molecule has 156 valence electrons. The fraction of sp³-hybridized carbons (Fsp3) is 0.250. The van der Waals surface area contributed by atoms with Crippen LogP contribution in [0, 0.1) is 0 Å². The predicted molar refractivity (Wildman–Crippen MR) is 121 cm³/mol. The lowest BCUT2D eigenvalue weighted by Gasteiger charge is -2.21. The number of hydrogen-bond acceptors (Lipinski definition) is 6.